The van der Waals surface area contributed by atoms with Gasteiger partial charge in [0.15, 0.2) is 0 Å². The van der Waals surface area contributed by atoms with Gasteiger partial charge < -0.3 is 10.6 Å². The molecular formula is C14H30N2O. The van der Waals surface area contributed by atoms with Gasteiger partial charge in [-0.15, -0.1) is 0 Å². The van der Waals surface area contributed by atoms with Gasteiger partial charge in [0.1, 0.15) is 0 Å². The Hall–Kier alpha value is -0.570. The summed E-state index contributed by atoms with van der Waals surface area (Å²) >= 11 is 0. The van der Waals surface area contributed by atoms with Crippen molar-refractivity contribution in [2.75, 3.05) is 13.1 Å². The molecule has 0 saturated heterocycles. The van der Waals surface area contributed by atoms with E-state index in [2.05, 4.69) is 38.3 Å². The molecule has 3 nitrogen and oxygen atoms in total. The first-order chi connectivity index (χ1) is 8.02. The van der Waals surface area contributed by atoms with Crippen LogP contribution in [0.5, 0.6) is 0 Å². The molecule has 0 heterocycles. The molecule has 0 rings (SSSR count). The Morgan fingerprint density at radius 1 is 1.00 bits per heavy atom. The van der Waals surface area contributed by atoms with Crippen molar-refractivity contribution in [2.24, 2.45) is 5.92 Å². The molecule has 102 valence electrons. The number of hydrogen-bond donors (Lipinski definition) is 2. The largest absolute Gasteiger partial charge is 0.356 e. The average Bonchev–Trinajstić information content (AvgIpc) is 2.23. The normalized spacial score (nSPS) is 11.2. The van der Waals surface area contributed by atoms with E-state index in [0.29, 0.717) is 12.5 Å². The van der Waals surface area contributed by atoms with Crippen molar-refractivity contribution in [1.29, 1.82) is 0 Å². The molecule has 0 aliphatic rings. The highest BCUT2D eigenvalue weighted by Gasteiger charge is 2.01. The molecule has 0 bridgehead atoms. The Labute approximate surface area is 107 Å². The number of nitrogens with one attached hydrogen (secondary N) is 2. The summed E-state index contributed by atoms with van der Waals surface area (Å²) in [6.45, 7) is 10.5. The van der Waals surface area contributed by atoms with Gasteiger partial charge in [0.05, 0.1) is 0 Å². The van der Waals surface area contributed by atoms with Crippen LogP contribution in [0, 0.1) is 5.92 Å². The molecule has 0 saturated carbocycles. The zero-order valence-corrected chi connectivity index (χ0v) is 12.0. The van der Waals surface area contributed by atoms with Crippen LogP contribution in [0.3, 0.4) is 0 Å². The highest BCUT2D eigenvalue weighted by Crippen LogP contribution is 2.05. The van der Waals surface area contributed by atoms with E-state index in [1.165, 1.54) is 12.8 Å². The smallest absolute Gasteiger partial charge is 0.220 e. The number of carbonyl (C=O) groups is 1. The van der Waals surface area contributed by atoms with E-state index in [0.717, 1.165) is 31.8 Å². The fraction of sp³-hybridized carbons (Fsp3) is 0.929. The maximum Gasteiger partial charge on any atom is 0.220 e. The highest BCUT2D eigenvalue weighted by molar-refractivity contribution is 5.75. The summed E-state index contributed by atoms with van der Waals surface area (Å²) < 4.78 is 0. The third-order valence-electron chi connectivity index (χ3n) is 2.66. The summed E-state index contributed by atoms with van der Waals surface area (Å²) in [4.78, 5) is 11.4. The molecule has 0 aliphatic heterocycles. The van der Waals surface area contributed by atoms with Crippen LogP contribution in [-0.2, 0) is 4.79 Å². The van der Waals surface area contributed by atoms with E-state index in [1.807, 2.05) is 0 Å². The minimum Gasteiger partial charge on any atom is -0.356 e. The van der Waals surface area contributed by atoms with Gasteiger partial charge in [-0.25, -0.2) is 0 Å². The van der Waals surface area contributed by atoms with Crippen molar-refractivity contribution in [3.05, 3.63) is 0 Å². The lowest BCUT2D eigenvalue weighted by Crippen LogP contribution is -2.27. The van der Waals surface area contributed by atoms with Gasteiger partial charge in [0.2, 0.25) is 5.91 Å². The summed E-state index contributed by atoms with van der Waals surface area (Å²) in [6.07, 6.45) is 5.15. The van der Waals surface area contributed by atoms with Crippen LogP contribution in [0.4, 0.5) is 0 Å². The Morgan fingerprint density at radius 3 is 2.29 bits per heavy atom. The number of carbonyl (C=O) groups excluding carboxylic acids is 1. The van der Waals surface area contributed by atoms with E-state index in [1.54, 1.807) is 0 Å². The van der Waals surface area contributed by atoms with Crippen LogP contribution >= 0.6 is 0 Å². The van der Waals surface area contributed by atoms with Crippen molar-refractivity contribution in [3.8, 4) is 0 Å². The van der Waals surface area contributed by atoms with Crippen LogP contribution in [0.1, 0.15) is 59.8 Å². The van der Waals surface area contributed by atoms with E-state index < -0.39 is 0 Å². The monoisotopic (exact) mass is 242 g/mol. The third-order valence-corrected chi connectivity index (χ3v) is 2.66. The molecule has 3 heteroatoms. The minimum absolute atomic E-state index is 0.195. The van der Waals surface area contributed by atoms with E-state index in [4.69, 9.17) is 0 Å². The summed E-state index contributed by atoms with van der Waals surface area (Å²) in [7, 11) is 0. The molecule has 0 aliphatic carbocycles. The average molecular weight is 242 g/mol. The van der Waals surface area contributed by atoms with Crippen molar-refractivity contribution < 1.29 is 4.79 Å². The van der Waals surface area contributed by atoms with Crippen LogP contribution in [0.2, 0.25) is 0 Å². The maximum absolute atomic E-state index is 11.4. The van der Waals surface area contributed by atoms with Crippen LogP contribution < -0.4 is 10.6 Å². The molecule has 0 atom stereocenters. The summed E-state index contributed by atoms with van der Waals surface area (Å²) in [5.74, 6) is 0.966. The molecule has 2 N–H and O–H groups in total. The number of amides is 1. The second kappa shape index (κ2) is 10.6. The van der Waals surface area contributed by atoms with Crippen LogP contribution in [0.25, 0.3) is 0 Å². The van der Waals surface area contributed by atoms with Gasteiger partial charge in [0.25, 0.3) is 0 Å². The molecule has 0 aromatic heterocycles. The Bertz CT molecular complexity index is 191. The molecule has 17 heavy (non-hydrogen) atoms. The fourth-order valence-corrected chi connectivity index (χ4v) is 1.63. The quantitative estimate of drug-likeness (QED) is 0.578. The molecule has 0 fully saturated rings. The van der Waals surface area contributed by atoms with Crippen molar-refractivity contribution in [2.45, 2.75) is 65.8 Å². The molecule has 0 radical (unpaired) electrons. The minimum atomic E-state index is 0.195. The SMILES string of the molecule is CC(C)CCCCNC(=O)CCCNC(C)C. The Kier molecular flexibility index (Phi) is 10.2. The molecule has 1 amide bonds. The Morgan fingerprint density at radius 2 is 1.71 bits per heavy atom. The van der Waals surface area contributed by atoms with E-state index in [-0.39, 0.29) is 5.91 Å². The van der Waals surface area contributed by atoms with Crippen molar-refractivity contribution in [1.82, 2.24) is 10.6 Å². The van der Waals surface area contributed by atoms with Crippen molar-refractivity contribution >= 4 is 5.91 Å². The highest BCUT2D eigenvalue weighted by atomic mass is 16.1. The first kappa shape index (κ1) is 16.4. The zero-order chi connectivity index (χ0) is 13.1. The predicted molar refractivity (Wildman–Crippen MR) is 74.1 cm³/mol. The first-order valence-corrected chi connectivity index (χ1v) is 7.02. The third kappa shape index (κ3) is 13.4. The maximum atomic E-state index is 11.4. The van der Waals surface area contributed by atoms with Crippen LogP contribution in [-0.4, -0.2) is 25.0 Å². The lowest BCUT2D eigenvalue weighted by Gasteiger charge is -2.08. The number of rotatable bonds is 10. The van der Waals surface area contributed by atoms with Crippen LogP contribution in [0.15, 0.2) is 0 Å². The topological polar surface area (TPSA) is 41.1 Å². The zero-order valence-electron chi connectivity index (χ0n) is 12.0. The Balaban J connectivity index is 3.23. The molecule has 0 spiro atoms. The first-order valence-electron chi connectivity index (χ1n) is 7.02. The molecule has 0 unspecified atom stereocenters. The predicted octanol–water partition coefficient (Wildman–Crippen LogP) is 2.71. The van der Waals surface area contributed by atoms with Gasteiger partial charge in [-0.2, -0.15) is 0 Å². The van der Waals surface area contributed by atoms with Crippen molar-refractivity contribution in [3.63, 3.8) is 0 Å². The van der Waals surface area contributed by atoms with Gasteiger partial charge in [-0.1, -0.05) is 40.5 Å². The molecular weight excluding hydrogens is 212 g/mol. The lowest BCUT2D eigenvalue weighted by molar-refractivity contribution is -0.121. The molecule has 0 aromatic rings. The van der Waals surface area contributed by atoms with Gasteiger partial charge in [-0.05, 0) is 25.3 Å². The van der Waals surface area contributed by atoms with E-state index in [9.17, 15) is 4.79 Å². The second-order valence-corrected chi connectivity index (χ2v) is 5.45. The summed E-state index contributed by atoms with van der Waals surface area (Å²) in [6, 6.07) is 0.508. The van der Waals surface area contributed by atoms with Gasteiger partial charge in [-0.3, -0.25) is 4.79 Å². The summed E-state index contributed by atoms with van der Waals surface area (Å²) in [5, 5.41) is 6.29. The number of hydrogen-bond acceptors (Lipinski definition) is 2. The second-order valence-electron chi connectivity index (χ2n) is 5.45. The van der Waals surface area contributed by atoms with Gasteiger partial charge in [0, 0.05) is 19.0 Å². The summed E-state index contributed by atoms with van der Waals surface area (Å²) in [5.41, 5.74) is 0. The van der Waals surface area contributed by atoms with E-state index >= 15 is 0 Å². The molecule has 0 aromatic carbocycles. The lowest BCUT2D eigenvalue weighted by atomic mass is 10.1. The van der Waals surface area contributed by atoms with Gasteiger partial charge >= 0.3 is 0 Å². The fourth-order valence-electron chi connectivity index (χ4n) is 1.63. The number of unbranched alkanes of at least 4 members (excludes halogenated alkanes) is 1. The standard InChI is InChI=1S/C14H30N2O/c1-12(2)8-5-6-10-16-14(17)9-7-11-15-13(3)4/h12-13,15H,5-11H2,1-4H3,(H,16,17).